The molecular weight excluding hydrogens is 328 g/mol. The number of halogens is 4. The quantitative estimate of drug-likeness (QED) is 0.513. The van der Waals surface area contributed by atoms with Crippen LogP contribution in [0.3, 0.4) is 0 Å². The van der Waals surface area contributed by atoms with Gasteiger partial charge in [0.25, 0.3) is 5.67 Å². The van der Waals surface area contributed by atoms with Crippen molar-refractivity contribution < 1.29 is 32.5 Å². The number of ether oxygens (including phenoxy) is 1. The Morgan fingerprint density at radius 2 is 2.18 bits per heavy atom. The summed E-state index contributed by atoms with van der Waals surface area (Å²) in [4.78, 5) is 1.08. The lowest BCUT2D eigenvalue weighted by Gasteiger charge is -2.39. The van der Waals surface area contributed by atoms with Crippen molar-refractivity contribution >= 4 is 17.2 Å². The average Bonchev–Trinajstić information content (AvgIpc) is 2.72. The fraction of sp³-hybridized carbons (Fsp3) is 0.583. The highest BCUT2D eigenvalue weighted by molar-refractivity contribution is 7.80. The van der Waals surface area contributed by atoms with E-state index in [0.717, 1.165) is 11.1 Å². The summed E-state index contributed by atoms with van der Waals surface area (Å²) in [6, 6.07) is 0. The van der Waals surface area contributed by atoms with E-state index in [1.54, 1.807) is 0 Å². The third-order valence-electron chi connectivity index (χ3n) is 3.50. The molecular formula is C12H14F4N2O3S. The Kier molecular flexibility index (Phi) is 4.49. The molecule has 0 bridgehead atoms. The number of nitrogens with zero attached hydrogens (tertiary/aromatic N) is 1. The molecule has 0 aromatic rings. The van der Waals surface area contributed by atoms with E-state index in [2.05, 4.69) is 5.32 Å². The number of hydrogen-bond acceptors (Lipinski definition) is 5. The van der Waals surface area contributed by atoms with E-state index < -0.39 is 36.9 Å². The smallest absolute Gasteiger partial charge is 0.394 e. The molecule has 0 saturated carbocycles. The van der Waals surface area contributed by atoms with Crippen molar-refractivity contribution in [3.63, 3.8) is 0 Å². The first-order chi connectivity index (χ1) is 10.2. The molecule has 0 radical (unpaired) electrons. The fourth-order valence-corrected chi connectivity index (χ4v) is 2.53. The highest BCUT2D eigenvalue weighted by Crippen LogP contribution is 2.48. The number of aliphatic hydroxyl groups excluding tert-OH is 2. The van der Waals surface area contributed by atoms with Gasteiger partial charge in [0, 0.05) is 6.20 Å². The number of allylic oxidation sites excluding steroid dienone is 1. The molecule has 2 heterocycles. The molecule has 10 heteroatoms. The van der Waals surface area contributed by atoms with Gasteiger partial charge < -0.3 is 25.2 Å². The van der Waals surface area contributed by atoms with Gasteiger partial charge in [0.05, 0.1) is 6.61 Å². The van der Waals surface area contributed by atoms with Crippen molar-refractivity contribution in [1.29, 1.82) is 0 Å². The standard InChI is InChI=1S/C12H14F4N2O3S/c1-2-7-17-8(22)3-4-18(7)10-11(13,12(14,15)16)9(20)6(5-19)21-10/h2-4,6,9-10,19-20H,5H2,1H3,(H,17,22). The Morgan fingerprint density at radius 1 is 1.55 bits per heavy atom. The molecule has 0 aliphatic carbocycles. The Labute approximate surface area is 128 Å². The number of alkyl halides is 4. The highest BCUT2D eigenvalue weighted by atomic mass is 32.1. The summed E-state index contributed by atoms with van der Waals surface area (Å²) in [5.74, 6) is 0.0783. The lowest BCUT2D eigenvalue weighted by atomic mass is 9.94. The van der Waals surface area contributed by atoms with Crippen LogP contribution in [0, 0.1) is 0 Å². The third-order valence-corrected chi connectivity index (χ3v) is 3.74. The van der Waals surface area contributed by atoms with Crippen molar-refractivity contribution in [2.24, 2.45) is 0 Å². The summed E-state index contributed by atoms with van der Waals surface area (Å²) in [7, 11) is 0. The van der Waals surface area contributed by atoms with Crippen molar-refractivity contribution in [1.82, 2.24) is 10.2 Å². The van der Waals surface area contributed by atoms with Crippen LogP contribution in [0.4, 0.5) is 17.6 Å². The van der Waals surface area contributed by atoms with Gasteiger partial charge in [0.15, 0.2) is 6.23 Å². The lowest BCUT2D eigenvalue weighted by Crippen LogP contribution is -2.60. The van der Waals surface area contributed by atoms with E-state index in [1.807, 2.05) is 0 Å². The van der Waals surface area contributed by atoms with Crippen LogP contribution in [-0.4, -0.2) is 57.0 Å². The summed E-state index contributed by atoms with van der Waals surface area (Å²) < 4.78 is 59.3. The van der Waals surface area contributed by atoms with Crippen LogP contribution in [0.5, 0.6) is 0 Å². The van der Waals surface area contributed by atoms with Crippen LogP contribution in [-0.2, 0) is 4.74 Å². The topological polar surface area (TPSA) is 65.0 Å². The number of thiocarbonyl (C=S) groups is 1. The van der Waals surface area contributed by atoms with Crippen LogP contribution in [0.25, 0.3) is 0 Å². The molecule has 2 aliphatic rings. The van der Waals surface area contributed by atoms with Crippen LogP contribution >= 0.6 is 12.2 Å². The van der Waals surface area contributed by atoms with E-state index >= 15 is 0 Å². The predicted octanol–water partition coefficient (Wildman–Crippen LogP) is 0.943. The molecule has 124 valence electrons. The maximum absolute atomic E-state index is 14.7. The summed E-state index contributed by atoms with van der Waals surface area (Å²) in [6.07, 6.45) is -8.06. The van der Waals surface area contributed by atoms with Crippen molar-refractivity contribution in [3.05, 3.63) is 24.2 Å². The first-order valence-corrected chi connectivity index (χ1v) is 6.71. The zero-order valence-electron chi connectivity index (χ0n) is 11.3. The predicted molar refractivity (Wildman–Crippen MR) is 72.1 cm³/mol. The number of nitrogens with one attached hydrogen (secondary N) is 1. The Bertz CT molecular complexity index is 525. The second-order valence-electron chi connectivity index (χ2n) is 4.81. The zero-order valence-corrected chi connectivity index (χ0v) is 12.2. The first kappa shape index (κ1) is 17.1. The molecule has 2 aliphatic heterocycles. The van der Waals surface area contributed by atoms with Crippen LogP contribution in [0.2, 0.25) is 0 Å². The van der Waals surface area contributed by atoms with Gasteiger partial charge in [-0.05, 0) is 19.1 Å². The number of rotatable bonds is 2. The van der Waals surface area contributed by atoms with Crippen LogP contribution in [0.15, 0.2) is 24.2 Å². The summed E-state index contributed by atoms with van der Waals surface area (Å²) in [6.45, 7) is 0.563. The molecule has 4 atom stereocenters. The second-order valence-corrected chi connectivity index (χ2v) is 5.25. The summed E-state index contributed by atoms with van der Waals surface area (Å²) in [5, 5.41) is 21.3. The van der Waals surface area contributed by atoms with Gasteiger partial charge in [-0.2, -0.15) is 13.2 Å². The molecule has 4 unspecified atom stereocenters. The highest BCUT2D eigenvalue weighted by Gasteiger charge is 2.73. The maximum Gasteiger partial charge on any atom is 0.429 e. The van der Waals surface area contributed by atoms with E-state index in [4.69, 9.17) is 22.1 Å². The van der Waals surface area contributed by atoms with Gasteiger partial charge in [-0.1, -0.05) is 12.2 Å². The Hall–Kier alpha value is -1.23. The fourth-order valence-electron chi connectivity index (χ4n) is 2.36. The van der Waals surface area contributed by atoms with Crippen molar-refractivity contribution in [2.75, 3.05) is 6.61 Å². The normalized spacial score (nSPS) is 37.8. The van der Waals surface area contributed by atoms with Gasteiger partial charge in [0.2, 0.25) is 0 Å². The second kappa shape index (κ2) is 5.76. The minimum Gasteiger partial charge on any atom is -0.394 e. The first-order valence-electron chi connectivity index (χ1n) is 6.30. The van der Waals surface area contributed by atoms with E-state index in [1.165, 1.54) is 19.1 Å². The molecule has 0 amide bonds. The maximum atomic E-state index is 14.7. The largest absolute Gasteiger partial charge is 0.429 e. The van der Waals surface area contributed by atoms with Crippen LogP contribution in [0.1, 0.15) is 6.92 Å². The number of aliphatic hydroxyl groups is 2. The average molecular weight is 342 g/mol. The van der Waals surface area contributed by atoms with Gasteiger partial charge in [0.1, 0.15) is 23.0 Å². The van der Waals surface area contributed by atoms with Gasteiger partial charge in [-0.25, -0.2) is 4.39 Å². The SMILES string of the molecule is CC=C1NC(=S)C=CN1C1OC(CO)C(O)C1(F)C(F)(F)F. The van der Waals surface area contributed by atoms with E-state index in [9.17, 15) is 22.7 Å². The Balaban J connectivity index is 2.47. The van der Waals surface area contributed by atoms with Crippen LogP contribution < -0.4 is 5.32 Å². The van der Waals surface area contributed by atoms with Crippen molar-refractivity contribution in [3.8, 4) is 0 Å². The van der Waals surface area contributed by atoms with Crippen molar-refractivity contribution in [2.45, 2.75) is 37.2 Å². The van der Waals surface area contributed by atoms with E-state index in [0.29, 0.717) is 0 Å². The third kappa shape index (κ3) is 2.49. The minimum atomic E-state index is -5.40. The summed E-state index contributed by atoms with van der Waals surface area (Å²) >= 11 is 4.86. The van der Waals surface area contributed by atoms with Gasteiger partial charge in [-0.3, -0.25) is 0 Å². The molecule has 0 aromatic heterocycles. The van der Waals surface area contributed by atoms with Gasteiger partial charge >= 0.3 is 6.18 Å². The zero-order chi connectivity index (χ0) is 16.7. The molecule has 1 saturated heterocycles. The molecule has 1 fully saturated rings. The molecule has 22 heavy (non-hydrogen) atoms. The van der Waals surface area contributed by atoms with E-state index in [-0.39, 0.29) is 10.8 Å². The molecule has 0 aromatic carbocycles. The minimum absolute atomic E-state index is 0.0783. The van der Waals surface area contributed by atoms with Gasteiger partial charge in [-0.15, -0.1) is 0 Å². The molecule has 0 spiro atoms. The Morgan fingerprint density at radius 3 is 2.68 bits per heavy atom. The molecule has 5 nitrogen and oxygen atoms in total. The molecule has 2 rings (SSSR count). The summed E-state index contributed by atoms with van der Waals surface area (Å²) in [5.41, 5.74) is -4.07. The molecule has 3 N–H and O–H groups in total. The lowest BCUT2D eigenvalue weighted by molar-refractivity contribution is -0.275. The number of hydrogen-bond donors (Lipinski definition) is 3. The monoisotopic (exact) mass is 342 g/mol.